The van der Waals surface area contributed by atoms with E-state index in [9.17, 15) is 23.1 Å². The van der Waals surface area contributed by atoms with Crippen LogP contribution in [0.2, 0.25) is 0 Å². The molecule has 7 nitrogen and oxygen atoms in total. The summed E-state index contributed by atoms with van der Waals surface area (Å²) in [6, 6.07) is 5.72. The molecule has 8 heteroatoms. The Morgan fingerprint density at radius 2 is 1.96 bits per heavy atom. The second kappa shape index (κ2) is 7.97. The molecule has 1 unspecified atom stereocenters. The Balaban J connectivity index is 2.04. The van der Waals surface area contributed by atoms with Crippen LogP contribution >= 0.6 is 0 Å². The third kappa shape index (κ3) is 5.82. The first-order valence-electron chi connectivity index (χ1n) is 8.32. The third-order valence-corrected chi connectivity index (χ3v) is 5.44. The Bertz CT molecular complexity index is 741. The van der Waals surface area contributed by atoms with Crippen LogP contribution in [0.4, 0.5) is 0 Å². The quantitative estimate of drug-likeness (QED) is 0.613. The van der Waals surface area contributed by atoms with Gasteiger partial charge in [0.15, 0.2) is 0 Å². The Hall–Kier alpha value is -1.93. The second-order valence-electron chi connectivity index (χ2n) is 6.80. The topological polar surface area (TPSA) is 113 Å². The van der Waals surface area contributed by atoms with Gasteiger partial charge in [0.1, 0.15) is 0 Å². The van der Waals surface area contributed by atoms with E-state index in [2.05, 4.69) is 10.0 Å². The van der Waals surface area contributed by atoms with Crippen LogP contribution in [0.1, 0.15) is 43.5 Å². The number of nitrogens with one attached hydrogen (secondary N) is 2. The van der Waals surface area contributed by atoms with Crippen molar-refractivity contribution in [3.8, 4) is 0 Å². The molecule has 0 bridgehead atoms. The number of carbonyl (C=O) groups excluding carboxylic acids is 1. The number of carbonyl (C=O) groups is 2. The number of amides is 1. The molecule has 3 N–H and O–H groups in total. The van der Waals surface area contributed by atoms with Crippen molar-refractivity contribution < 1.29 is 23.1 Å². The lowest BCUT2D eigenvalue weighted by Gasteiger charge is -2.15. The Labute approximate surface area is 147 Å². The SMILES string of the molecule is CC(C)CC(CNC(=O)c1cccc(S(=O)(=O)NC2CC2)c1)C(=O)O. The average Bonchev–Trinajstić information content (AvgIpc) is 3.34. The lowest BCUT2D eigenvalue weighted by atomic mass is 9.97. The molecule has 1 aromatic carbocycles. The van der Waals surface area contributed by atoms with E-state index >= 15 is 0 Å². The molecule has 1 saturated carbocycles. The molecule has 0 aliphatic heterocycles. The van der Waals surface area contributed by atoms with Crippen molar-refractivity contribution >= 4 is 21.9 Å². The zero-order valence-electron chi connectivity index (χ0n) is 14.4. The summed E-state index contributed by atoms with van der Waals surface area (Å²) in [5.74, 6) is -1.93. The van der Waals surface area contributed by atoms with Gasteiger partial charge >= 0.3 is 5.97 Å². The van der Waals surface area contributed by atoms with Gasteiger partial charge in [-0.3, -0.25) is 9.59 Å². The average molecular weight is 368 g/mol. The van der Waals surface area contributed by atoms with Crippen LogP contribution in [0.3, 0.4) is 0 Å². The summed E-state index contributed by atoms with van der Waals surface area (Å²) in [6.07, 6.45) is 2.10. The Morgan fingerprint density at radius 3 is 2.52 bits per heavy atom. The van der Waals surface area contributed by atoms with Crippen LogP contribution in [-0.4, -0.2) is 38.0 Å². The molecule has 0 radical (unpaired) electrons. The lowest BCUT2D eigenvalue weighted by Crippen LogP contribution is -2.34. The minimum atomic E-state index is -3.64. The highest BCUT2D eigenvalue weighted by molar-refractivity contribution is 7.89. The largest absolute Gasteiger partial charge is 0.481 e. The van der Waals surface area contributed by atoms with E-state index in [0.29, 0.717) is 6.42 Å². The molecule has 1 amide bonds. The van der Waals surface area contributed by atoms with E-state index < -0.39 is 27.8 Å². The summed E-state index contributed by atoms with van der Waals surface area (Å²) in [5, 5.41) is 11.8. The molecule has 1 aromatic rings. The maximum atomic E-state index is 12.3. The van der Waals surface area contributed by atoms with Gasteiger partial charge in [0.25, 0.3) is 5.91 Å². The minimum Gasteiger partial charge on any atom is -0.481 e. The summed E-state index contributed by atoms with van der Waals surface area (Å²) >= 11 is 0. The number of hydrogen-bond donors (Lipinski definition) is 3. The second-order valence-corrected chi connectivity index (χ2v) is 8.51. The van der Waals surface area contributed by atoms with Crippen LogP contribution in [-0.2, 0) is 14.8 Å². The number of hydrogen-bond acceptors (Lipinski definition) is 4. The molecular weight excluding hydrogens is 344 g/mol. The van der Waals surface area contributed by atoms with Crippen LogP contribution in [0.15, 0.2) is 29.2 Å². The van der Waals surface area contributed by atoms with Gasteiger partial charge in [-0.05, 0) is 43.4 Å². The summed E-state index contributed by atoms with van der Waals surface area (Å²) in [4.78, 5) is 23.5. The number of rotatable bonds is 9. The zero-order chi connectivity index (χ0) is 18.6. The van der Waals surface area contributed by atoms with Crippen LogP contribution in [0, 0.1) is 11.8 Å². The van der Waals surface area contributed by atoms with E-state index in [-0.39, 0.29) is 29.0 Å². The normalized spacial score (nSPS) is 15.8. The highest BCUT2D eigenvalue weighted by atomic mass is 32.2. The highest BCUT2D eigenvalue weighted by Crippen LogP contribution is 2.22. The first-order valence-corrected chi connectivity index (χ1v) is 9.80. The van der Waals surface area contributed by atoms with Crippen LogP contribution < -0.4 is 10.0 Å². The van der Waals surface area contributed by atoms with Crippen molar-refractivity contribution in [2.45, 2.75) is 44.0 Å². The molecule has 0 saturated heterocycles. The van der Waals surface area contributed by atoms with Crippen LogP contribution in [0.5, 0.6) is 0 Å². The van der Waals surface area contributed by atoms with Crippen molar-refractivity contribution in [1.82, 2.24) is 10.0 Å². The van der Waals surface area contributed by atoms with Crippen molar-refractivity contribution in [3.63, 3.8) is 0 Å². The molecule has 1 aliphatic rings. The fourth-order valence-corrected chi connectivity index (χ4v) is 3.80. The van der Waals surface area contributed by atoms with E-state index in [1.54, 1.807) is 0 Å². The summed E-state index contributed by atoms with van der Waals surface area (Å²) in [6.45, 7) is 3.83. The van der Waals surface area contributed by atoms with E-state index in [1.807, 2.05) is 13.8 Å². The molecule has 2 rings (SSSR count). The number of carboxylic acids is 1. The zero-order valence-corrected chi connectivity index (χ0v) is 15.2. The van der Waals surface area contributed by atoms with Crippen molar-refractivity contribution in [2.24, 2.45) is 11.8 Å². The van der Waals surface area contributed by atoms with Crippen molar-refractivity contribution in [1.29, 1.82) is 0 Å². The number of benzene rings is 1. The highest BCUT2D eigenvalue weighted by Gasteiger charge is 2.28. The van der Waals surface area contributed by atoms with Crippen molar-refractivity contribution in [2.75, 3.05) is 6.54 Å². The van der Waals surface area contributed by atoms with E-state index in [4.69, 9.17) is 0 Å². The molecule has 0 aromatic heterocycles. The summed E-state index contributed by atoms with van der Waals surface area (Å²) in [7, 11) is -3.64. The predicted molar refractivity (Wildman–Crippen MR) is 92.7 cm³/mol. The Morgan fingerprint density at radius 1 is 1.28 bits per heavy atom. The lowest BCUT2D eigenvalue weighted by molar-refractivity contribution is -0.142. The molecule has 1 aliphatic carbocycles. The summed E-state index contributed by atoms with van der Waals surface area (Å²) in [5.41, 5.74) is 0.187. The monoisotopic (exact) mass is 368 g/mol. The molecule has 138 valence electrons. The molecule has 0 spiro atoms. The van der Waals surface area contributed by atoms with Crippen molar-refractivity contribution in [3.05, 3.63) is 29.8 Å². The first-order chi connectivity index (χ1) is 11.7. The standard InChI is InChI=1S/C17H24N2O5S/c1-11(2)8-13(17(21)22)10-18-16(20)12-4-3-5-15(9-12)25(23,24)19-14-6-7-14/h3-5,9,11,13-14,19H,6-8,10H2,1-2H3,(H,18,20)(H,21,22). The number of aliphatic carboxylic acids is 1. The van der Waals surface area contributed by atoms with Gasteiger partial charge in [-0.15, -0.1) is 0 Å². The van der Waals surface area contributed by atoms with Gasteiger partial charge in [0.05, 0.1) is 10.8 Å². The van der Waals surface area contributed by atoms with Gasteiger partial charge in [0, 0.05) is 18.2 Å². The minimum absolute atomic E-state index is 0.00362. The number of carboxylic acid groups (broad SMARTS) is 1. The Kier molecular flexibility index (Phi) is 6.18. The molecule has 0 heterocycles. The first kappa shape index (κ1) is 19.4. The fraction of sp³-hybridized carbons (Fsp3) is 0.529. The van der Waals surface area contributed by atoms with Gasteiger partial charge in [-0.25, -0.2) is 13.1 Å². The van der Waals surface area contributed by atoms with E-state index in [1.165, 1.54) is 24.3 Å². The smallest absolute Gasteiger partial charge is 0.308 e. The third-order valence-electron chi connectivity index (χ3n) is 3.92. The molecule has 1 atom stereocenters. The predicted octanol–water partition coefficient (Wildman–Crippen LogP) is 1.60. The molecular formula is C17H24N2O5S. The molecule has 1 fully saturated rings. The van der Waals surface area contributed by atoms with Crippen LogP contribution in [0.25, 0.3) is 0 Å². The fourth-order valence-electron chi connectivity index (χ4n) is 2.45. The summed E-state index contributed by atoms with van der Waals surface area (Å²) < 4.78 is 27.0. The number of sulfonamides is 1. The van der Waals surface area contributed by atoms with Gasteiger partial charge in [-0.2, -0.15) is 0 Å². The maximum Gasteiger partial charge on any atom is 0.308 e. The van der Waals surface area contributed by atoms with Gasteiger partial charge < -0.3 is 10.4 Å². The van der Waals surface area contributed by atoms with E-state index in [0.717, 1.165) is 12.8 Å². The van der Waals surface area contributed by atoms with Gasteiger partial charge in [-0.1, -0.05) is 19.9 Å². The molecule has 25 heavy (non-hydrogen) atoms. The van der Waals surface area contributed by atoms with Gasteiger partial charge in [0.2, 0.25) is 10.0 Å². The maximum absolute atomic E-state index is 12.3.